The topological polar surface area (TPSA) is 79.8 Å². The molecule has 1 rings (SSSR count). The molecule has 16 heavy (non-hydrogen) atoms. The molecule has 0 N–H and O–H groups in total. The van der Waals surface area contributed by atoms with E-state index >= 15 is 0 Å². The van der Waals surface area contributed by atoms with E-state index in [1.807, 2.05) is 6.07 Å². The molecular formula is C9H11IN2O3S. The Balaban J connectivity index is 3.12. The maximum absolute atomic E-state index is 11.1. The molecule has 0 amide bonds. The van der Waals surface area contributed by atoms with Crippen LogP contribution in [0.15, 0.2) is 30.3 Å². The van der Waals surface area contributed by atoms with Gasteiger partial charge in [-0.3, -0.25) is 0 Å². The van der Waals surface area contributed by atoms with E-state index in [4.69, 9.17) is 8.04 Å². The Hall–Kier alpha value is -0.760. The molecular weight excluding hydrogens is 343 g/mol. The second-order valence-corrected chi connectivity index (χ2v) is 9.75. The second-order valence-electron chi connectivity index (χ2n) is 2.91. The van der Waals surface area contributed by atoms with Gasteiger partial charge in [-0.15, -0.1) is 0 Å². The van der Waals surface area contributed by atoms with Crippen molar-refractivity contribution in [2.45, 2.75) is 6.92 Å². The van der Waals surface area contributed by atoms with E-state index in [2.05, 4.69) is 4.79 Å². The van der Waals surface area contributed by atoms with Crippen LogP contribution in [0.5, 0.6) is 0 Å². The molecule has 0 saturated heterocycles. The van der Waals surface area contributed by atoms with Gasteiger partial charge in [0.25, 0.3) is 0 Å². The van der Waals surface area contributed by atoms with E-state index in [9.17, 15) is 8.42 Å². The van der Waals surface area contributed by atoms with Crippen molar-refractivity contribution in [3.8, 4) is 0 Å². The third-order valence-corrected chi connectivity index (χ3v) is 8.37. The van der Waals surface area contributed by atoms with E-state index in [1.165, 1.54) is 0 Å². The molecule has 0 aliphatic heterocycles. The van der Waals surface area contributed by atoms with Crippen LogP contribution >= 0.6 is 20.2 Å². The summed E-state index contributed by atoms with van der Waals surface area (Å²) in [5.41, 5.74) is 8.72. The molecule has 0 aromatic heterocycles. The minimum absolute atomic E-state index is 0.334. The molecule has 0 aliphatic rings. The molecule has 0 heterocycles. The molecule has 7 heteroatoms. The van der Waals surface area contributed by atoms with E-state index in [-0.39, 0.29) is 0 Å². The number of benzene rings is 1. The molecule has 88 valence electrons. The van der Waals surface area contributed by atoms with Crippen molar-refractivity contribution in [2.75, 3.05) is 6.26 Å². The fourth-order valence-corrected chi connectivity index (χ4v) is 6.84. The van der Waals surface area contributed by atoms with Crippen molar-refractivity contribution in [2.24, 2.45) is 0 Å². The zero-order valence-corrected chi connectivity index (χ0v) is 11.8. The summed E-state index contributed by atoms with van der Waals surface area (Å²) in [7, 11) is -3.55. The minimum atomic E-state index is -3.55. The fourth-order valence-electron chi connectivity index (χ4n) is 0.918. The zero-order valence-electron chi connectivity index (χ0n) is 8.79. The molecule has 0 saturated carbocycles. The standard InChI is InChI=1S/C9H11IN2O3S/c1-8(12-11)10(15-16(2,13)14)9-6-4-3-5-7-9/h3-7H,1-2H3. The summed E-state index contributed by atoms with van der Waals surface area (Å²) in [5, 5.41) is 0. The van der Waals surface area contributed by atoms with Crippen molar-refractivity contribution in [3.05, 3.63) is 39.4 Å². The van der Waals surface area contributed by atoms with Gasteiger partial charge < -0.3 is 0 Å². The third-order valence-electron chi connectivity index (χ3n) is 1.49. The molecule has 0 unspecified atom stereocenters. The summed E-state index contributed by atoms with van der Waals surface area (Å²) >= 11 is -2.59. The van der Waals surface area contributed by atoms with E-state index in [1.54, 1.807) is 31.2 Å². The van der Waals surface area contributed by atoms with Gasteiger partial charge in [-0.1, -0.05) is 0 Å². The first-order valence-electron chi connectivity index (χ1n) is 4.27. The molecule has 0 fully saturated rings. The van der Waals surface area contributed by atoms with Crippen LogP contribution < -0.4 is 0 Å². The van der Waals surface area contributed by atoms with Crippen LogP contribution in [0, 0.1) is 3.57 Å². The first kappa shape index (κ1) is 13.3. The first-order chi connectivity index (χ1) is 7.44. The maximum atomic E-state index is 11.1. The molecule has 0 aliphatic carbocycles. The van der Waals surface area contributed by atoms with Crippen LogP contribution in [0.25, 0.3) is 5.53 Å². The summed E-state index contributed by atoms with van der Waals surface area (Å²) in [4.78, 5) is 3.05. The molecule has 1 aromatic rings. The summed E-state index contributed by atoms with van der Waals surface area (Å²) in [6.45, 7) is 1.56. The molecule has 5 nitrogen and oxygen atoms in total. The Bertz CT molecular complexity index is 509. The number of nitrogens with zero attached hydrogens (tertiary/aromatic N) is 2. The predicted octanol–water partition coefficient (Wildman–Crippen LogP) is 1.90. The van der Waals surface area contributed by atoms with E-state index < -0.39 is 30.4 Å². The average molecular weight is 354 g/mol. The van der Waals surface area contributed by atoms with E-state index in [0.717, 1.165) is 9.83 Å². The zero-order chi connectivity index (χ0) is 12.2. The van der Waals surface area contributed by atoms with Gasteiger partial charge in [0.05, 0.1) is 0 Å². The number of hydrogen-bond acceptors (Lipinski definition) is 3. The van der Waals surface area contributed by atoms with Gasteiger partial charge in [0.1, 0.15) is 0 Å². The van der Waals surface area contributed by atoms with Crippen LogP contribution in [-0.2, 0) is 12.6 Å². The summed E-state index contributed by atoms with van der Waals surface area (Å²) in [5.74, 6) is 0. The van der Waals surface area contributed by atoms with Gasteiger partial charge >= 0.3 is 102 Å². The quantitative estimate of drug-likeness (QED) is 0.359. The normalized spacial score (nSPS) is 11.8. The SMILES string of the molecule is CC(=[N+]=[N-])I(OS(C)(=O)=O)c1ccccc1. The summed E-state index contributed by atoms with van der Waals surface area (Å²) in [6.07, 6.45) is 0.991. The first-order valence-corrected chi connectivity index (χ1v) is 9.13. The second kappa shape index (κ2) is 5.53. The van der Waals surface area contributed by atoms with Gasteiger partial charge in [-0.25, -0.2) is 0 Å². The van der Waals surface area contributed by atoms with Crippen molar-refractivity contribution in [1.82, 2.24) is 0 Å². The van der Waals surface area contributed by atoms with Gasteiger partial charge in [0.15, 0.2) is 0 Å². The molecule has 0 atom stereocenters. The van der Waals surface area contributed by atoms with Gasteiger partial charge in [0, 0.05) is 0 Å². The van der Waals surface area contributed by atoms with Crippen LogP contribution in [-0.4, -0.2) is 23.2 Å². The number of halogens is 1. The van der Waals surface area contributed by atoms with Crippen LogP contribution in [0.4, 0.5) is 0 Å². The number of rotatable bonds is 4. The van der Waals surface area contributed by atoms with Crippen molar-refractivity contribution in [3.63, 3.8) is 0 Å². The van der Waals surface area contributed by atoms with Gasteiger partial charge in [-0.2, -0.15) is 0 Å². The summed E-state index contributed by atoms with van der Waals surface area (Å²) < 4.78 is 28.4. The molecule has 0 radical (unpaired) electrons. The molecule has 0 bridgehead atoms. The van der Waals surface area contributed by atoms with Crippen molar-refractivity contribution >= 4 is 34.1 Å². The molecule has 1 aromatic carbocycles. The van der Waals surface area contributed by atoms with Crippen LogP contribution in [0.1, 0.15) is 6.92 Å². The van der Waals surface area contributed by atoms with Crippen molar-refractivity contribution in [1.29, 1.82) is 0 Å². The Morgan fingerprint density at radius 1 is 1.38 bits per heavy atom. The van der Waals surface area contributed by atoms with Crippen molar-refractivity contribution < 1.29 is 15.7 Å². The Kier molecular flexibility index (Phi) is 4.60. The Morgan fingerprint density at radius 3 is 2.38 bits per heavy atom. The summed E-state index contributed by atoms with van der Waals surface area (Å²) in [6, 6.07) is 8.94. The third kappa shape index (κ3) is 4.01. The average Bonchev–Trinajstić information content (AvgIpc) is 2.25. The van der Waals surface area contributed by atoms with Gasteiger partial charge in [0.2, 0.25) is 0 Å². The fraction of sp³-hybridized carbons (Fsp3) is 0.222. The Labute approximate surface area is 102 Å². The monoisotopic (exact) mass is 354 g/mol. The predicted molar refractivity (Wildman–Crippen MR) is 69.4 cm³/mol. The van der Waals surface area contributed by atoms with Crippen LogP contribution in [0.2, 0.25) is 0 Å². The Morgan fingerprint density at radius 2 is 1.94 bits per heavy atom. The van der Waals surface area contributed by atoms with Gasteiger partial charge in [-0.05, 0) is 0 Å². The van der Waals surface area contributed by atoms with Crippen LogP contribution in [0.3, 0.4) is 0 Å². The number of hydrogen-bond donors (Lipinski definition) is 0. The van der Waals surface area contributed by atoms with E-state index in [0.29, 0.717) is 3.72 Å². The molecule has 0 spiro atoms.